The molecule has 0 heterocycles. The van der Waals surface area contributed by atoms with Crippen molar-refractivity contribution in [3.8, 4) is 0 Å². The number of carboxylic acids is 2. The van der Waals surface area contributed by atoms with Gasteiger partial charge in [-0.25, -0.2) is 4.79 Å². The topological polar surface area (TPSA) is 77.8 Å². The van der Waals surface area contributed by atoms with Gasteiger partial charge in [-0.15, -0.1) is 0 Å². The zero-order valence-corrected chi connectivity index (χ0v) is 11.6. The summed E-state index contributed by atoms with van der Waals surface area (Å²) in [7, 11) is 1.61. The van der Waals surface area contributed by atoms with Crippen LogP contribution in [0.1, 0.15) is 23.1 Å². The highest BCUT2D eigenvalue weighted by Crippen LogP contribution is 2.26. The van der Waals surface area contributed by atoms with E-state index in [1.165, 1.54) is 4.90 Å². The summed E-state index contributed by atoms with van der Waals surface area (Å²) in [5.74, 6) is -2.26. The van der Waals surface area contributed by atoms with E-state index in [0.717, 1.165) is 22.4 Å². The number of anilines is 1. The Hall–Kier alpha value is -2.04. The Balaban J connectivity index is 3.16. The predicted molar refractivity (Wildman–Crippen MR) is 72.7 cm³/mol. The molecule has 1 aromatic rings. The van der Waals surface area contributed by atoms with Crippen LogP contribution in [0.2, 0.25) is 0 Å². The van der Waals surface area contributed by atoms with E-state index in [2.05, 4.69) is 0 Å². The van der Waals surface area contributed by atoms with Gasteiger partial charge in [0.1, 0.15) is 6.04 Å². The summed E-state index contributed by atoms with van der Waals surface area (Å²) < 4.78 is 0. The second kappa shape index (κ2) is 5.73. The lowest BCUT2D eigenvalue weighted by atomic mass is 10.0. The molecular weight excluding hydrogens is 246 g/mol. The van der Waals surface area contributed by atoms with Gasteiger partial charge in [-0.05, 0) is 43.5 Å². The Morgan fingerprint density at radius 3 is 2.21 bits per heavy atom. The zero-order chi connectivity index (χ0) is 14.7. The minimum atomic E-state index is -1.14. The third-order valence-electron chi connectivity index (χ3n) is 3.53. The summed E-state index contributed by atoms with van der Waals surface area (Å²) >= 11 is 0. The van der Waals surface area contributed by atoms with Crippen molar-refractivity contribution in [1.29, 1.82) is 0 Å². The van der Waals surface area contributed by atoms with Crippen LogP contribution >= 0.6 is 0 Å². The third-order valence-corrected chi connectivity index (χ3v) is 3.53. The Kier molecular flexibility index (Phi) is 4.53. The highest BCUT2D eigenvalue weighted by atomic mass is 16.4. The van der Waals surface area contributed by atoms with Crippen molar-refractivity contribution in [3.63, 3.8) is 0 Å². The van der Waals surface area contributed by atoms with Gasteiger partial charge in [0.2, 0.25) is 0 Å². The number of carboxylic acid groups (broad SMARTS) is 2. The van der Waals surface area contributed by atoms with E-state index in [0.29, 0.717) is 0 Å². The Morgan fingerprint density at radius 1 is 1.16 bits per heavy atom. The summed E-state index contributed by atoms with van der Waals surface area (Å²) in [4.78, 5) is 23.5. The van der Waals surface area contributed by atoms with E-state index in [4.69, 9.17) is 10.2 Å². The number of likely N-dealkylation sites (N-methyl/N-ethyl adjacent to an activating group) is 1. The number of hydrogen-bond donors (Lipinski definition) is 2. The van der Waals surface area contributed by atoms with Crippen LogP contribution < -0.4 is 4.90 Å². The first kappa shape index (κ1) is 15.0. The molecule has 104 valence electrons. The maximum absolute atomic E-state index is 11.2. The largest absolute Gasteiger partial charge is 0.481 e. The van der Waals surface area contributed by atoms with Crippen molar-refractivity contribution in [2.45, 2.75) is 33.2 Å². The molecule has 0 spiro atoms. The molecule has 0 fully saturated rings. The second-order valence-corrected chi connectivity index (χ2v) is 4.71. The van der Waals surface area contributed by atoms with Crippen LogP contribution in [0.25, 0.3) is 0 Å². The number of aliphatic carboxylic acids is 2. The van der Waals surface area contributed by atoms with Crippen molar-refractivity contribution in [2.75, 3.05) is 11.9 Å². The van der Waals surface area contributed by atoms with Crippen LogP contribution in [-0.4, -0.2) is 35.2 Å². The zero-order valence-electron chi connectivity index (χ0n) is 11.6. The van der Waals surface area contributed by atoms with E-state index in [1.54, 1.807) is 7.05 Å². The molecule has 0 aliphatic carbocycles. The molecule has 2 N–H and O–H groups in total. The van der Waals surface area contributed by atoms with Crippen LogP contribution in [0.5, 0.6) is 0 Å². The van der Waals surface area contributed by atoms with Crippen LogP contribution in [0, 0.1) is 20.8 Å². The van der Waals surface area contributed by atoms with Gasteiger partial charge in [0.15, 0.2) is 0 Å². The normalized spacial score (nSPS) is 12.0. The minimum Gasteiger partial charge on any atom is -0.481 e. The van der Waals surface area contributed by atoms with E-state index in [-0.39, 0.29) is 0 Å². The highest BCUT2D eigenvalue weighted by Gasteiger charge is 2.27. The number of benzene rings is 1. The molecule has 1 aromatic carbocycles. The van der Waals surface area contributed by atoms with Gasteiger partial charge < -0.3 is 15.1 Å². The van der Waals surface area contributed by atoms with Crippen molar-refractivity contribution in [3.05, 3.63) is 28.8 Å². The summed E-state index contributed by atoms with van der Waals surface area (Å²) in [6.45, 7) is 5.86. The summed E-state index contributed by atoms with van der Waals surface area (Å²) in [6, 6.07) is 2.67. The quantitative estimate of drug-likeness (QED) is 0.851. The van der Waals surface area contributed by atoms with Gasteiger partial charge in [0.25, 0.3) is 0 Å². The van der Waals surface area contributed by atoms with Crippen LogP contribution in [-0.2, 0) is 9.59 Å². The van der Waals surface area contributed by atoms with Crippen molar-refractivity contribution >= 4 is 17.6 Å². The molecule has 5 heteroatoms. The van der Waals surface area contributed by atoms with Crippen molar-refractivity contribution in [1.82, 2.24) is 0 Å². The number of nitrogens with zero attached hydrogens (tertiary/aromatic N) is 1. The molecule has 19 heavy (non-hydrogen) atoms. The minimum absolute atomic E-state index is 0.432. The average Bonchev–Trinajstić information content (AvgIpc) is 2.32. The lowest BCUT2D eigenvalue weighted by molar-refractivity contribution is -0.145. The molecule has 0 bridgehead atoms. The van der Waals surface area contributed by atoms with E-state index < -0.39 is 24.4 Å². The maximum Gasteiger partial charge on any atom is 0.326 e. The summed E-state index contributed by atoms with van der Waals surface area (Å²) in [6.07, 6.45) is -0.432. The van der Waals surface area contributed by atoms with Gasteiger partial charge in [-0.1, -0.05) is 6.07 Å². The van der Waals surface area contributed by atoms with Crippen LogP contribution in [0.4, 0.5) is 5.69 Å². The van der Waals surface area contributed by atoms with E-state index >= 15 is 0 Å². The molecule has 0 saturated carbocycles. The third kappa shape index (κ3) is 3.24. The van der Waals surface area contributed by atoms with Gasteiger partial charge in [-0.2, -0.15) is 0 Å². The molecule has 0 aliphatic heterocycles. The smallest absolute Gasteiger partial charge is 0.326 e. The first-order chi connectivity index (χ1) is 8.75. The fraction of sp³-hybridized carbons (Fsp3) is 0.429. The Morgan fingerprint density at radius 2 is 1.74 bits per heavy atom. The first-order valence-electron chi connectivity index (χ1n) is 6.00. The second-order valence-electron chi connectivity index (χ2n) is 4.71. The van der Waals surface area contributed by atoms with Crippen molar-refractivity contribution < 1.29 is 19.8 Å². The monoisotopic (exact) mass is 265 g/mol. The Labute approximate surface area is 112 Å². The molecule has 0 amide bonds. The predicted octanol–water partition coefficient (Wildman–Crippen LogP) is 1.98. The molecule has 0 aromatic heterocycles. The standard InChI is InChI=1S/C14H19NO4/c1-8-5-6-11(10(3)9(8)2)15(4)12(14(18)19)7-13(16)17/h5-6,12H,7H2,1-4H3,(H,16,17)(H,18,19). The maximum atomic E-state index is 11.2. The van der Waals surface area contributed by atoms with Crippen molar-refractivity contribution in [2.24, 2.45) is 0 Å². The number of aryl methyl sites for hydroxylation is 1. The molecule has 0 radical (unpaired) electrons. The summed E-state index contributed by atoms with van der Waals surface area (Å²) in [5.41, 5.74) is 3.93. The van der Waals surface area contributed by atoms with Gasteiger partial charge in [-0.3, -0.25) is 4.79 Å². The summed E-state index contributed by atoms with van der Waals surface area (Å²) in [5, 5.41) is 18.0. The average molecular weight is 265 g/mol. The van der Waals surface area contributed by atoms with Gasteiger partial charge in [0.05, 0.1) is 6.42 Å². The van der Waals surface area contributed by atoms with Crippen LogP contribution in [0.3, 0.4) is 0 Å². The molecule has 1 unspecified atom stereocenters. The van der Waals surface area contributed by atoms with Crippen LogP contribution in [0.15, 0.2) is 12.1 Å². The fourth-order valence-electron chi connectivity index (χ4n) is 2.05. The lowest BCUT2D eigenvalue weighted by Gasteiger charge is -2.28. The van der Waals surface area contributed by atoms with E-state index in [1.807, 2.05) is 32.9 Å². The van der Waals surface area contributed by atoms with Gasteiger partial charge in [0, 0.05) is 12.7 Å². The molecule has 0 saturated heterocycles. The lowest BCUT2D eigenvalue weighted by Crippen LogP contribution is -2.40. The Bertz CT molecular complexity index is 510. The van der Waals surface area contributed by atoms with Gasteiger partial charge >= 0.3 is 11.9 Å². The molecule has 5 nitrogen and oxygen atoms in total. The number of rotatable bonds is 5. The SMILES string of the molecule is Cc1ccc(N(C)C(CC(=O)O)C(=O)O)c(C)c1C. The molecule has 1 atom stereocenters. The number of carbonyl (C=O) groups is 2. The fourth-order valence-corrected chi connectivity index (χ4v) is 2.05. The molecule has 0 aliphatic rings. The van der Waals surface area contributed by atoms with E-state index in [9.17, 15) is 9.59 Å². The molecular formula is C14H19NO4. The number of hydrogen-bond acceptors (Lipinski definition) is 3. The molecule has 1 rings (SSSR count). The first-order valence-corrected chi connectivity index (χ1v) is 6.00. The highest BCUT2D eigenvalue weighted by molar-refractivity contribution is 5.84.